The molecule has 0 radical (unpaired) electrons. The molecule has 0 aromatic carbocycles. The summed E-state index contributed by atoms with van der Waals surface area (Å²) in [5.41, 5.74) is -0.366. The summed E-state index contributed by atoms with van der Waals surface area (Å²) >= 11 is 0. The minimum absolute atomic E-state index is 0. The number of methoxy groups -OCH3 is 1. The monoisotopic (exact) mass is 287 g/mol. The van der Waals surface area contributed by atoms with Crippen LogP contribution in [0.4, 0.5) is 0 Å². The fourth-order valence-corrected chi connectivity index (χ4v) is 3.11. The Morgan fingerprint density at radius 1 is 1.26 bits per heavy atom. The number of rotatable bonds is 3. The minimum Gasteiger partial charge on any atom is -0.368 e. The van der Waals surface area contributed by atoms with Gasteiger partial charge < -0.3 is 14.6 Å². The molecule has 0 atom stereocenters. The molecule has 1 saturated carbocycles. The van der Waals surface area contributed by atoms with Crippen LogP contribution in [0, 0.1) is 0 Å². The van der Waals surface area contributed by atoms with E-state index in [-0.39, 0.29) is 18.0 Å². The van der Waals surface area contributed by atoms with Crippen LogP contribution in [-0.2, 0) is 10.3 Å². The number of nitrogens with zero attached hydrogens (tertiary/aromatic N) is 2. The Balaban J connectivity index is 0.00000133. The lowest BCUT2D eigenvalue weighted by Gasteiger charge is -2.32. The largest absolute Gasteiger partial charge is 0.368 e. The van der Waals surface area contributed by atoms with Gasteiger partial charge in [0.15, 0.2) is 5.82 Å². The SMILES string of the molecule is COC1(c2nc(C3CCCC3)no2)CCNCC1.Cl. The van der Waals surface area contributed by atoms with Gasteiger partial charge in [-0.1, -0.05) is 18.0 Å². The van der Waals surface area contributed by atoms with Gasteiger partial charge in [0, 0.05) is 13.0 Å². The van der Waals surface area contributed by atoms with Crippen molar-refractivity contribution in [1.82, 2.24) is 15.5 Å². The maximum atomic E-state index is 5.70. The van der Waals surface area contributed by atoms with Crippen molar-refractivity contribution in [2.45, 2.75) is 50.0 Å². The highest BCUT2D eigenvalue weighted by molar-refractivity contribution is 5.85. The van der Waals surface area contributed by atoms with Crippen LogP contribution in [0.3, 0.4) is 0 Å². The smallest absolute Gasteiger partial charge is 0.258 e. The van der Waals surface area contributed by atoms with Crippen molar-refractivity contribution in [1.29, 1.82) is 0 Å². The van der Waals surface area contributed by atoms with E-state index in [1.54, 1.807) is 7.11 Å². The summed E-state index contributed by atoms with van der Waals surface area (Å²) in [7, 11) is 1.74. The Morgan fingerprint density at radius 2 is 1.95 bits per heavy atom. The van der Waals surface area contributed by atoms with Gasteiger partial charge in [0.05, 0.1) is 0 Å². The van der Waals surface area contributed by atoms with Crippen LogP contribution < -0.4 is 5.32 Å². The first-order valence-electron chi connectivity index (χ1n) is 6.94. The van der Waals surface area contributed by atoms with E-state index in [0.29, 0.717) is 11.8 Å². The van der Waals surface area contributed by atoms with E-state index in [1.165, 1.54) is 25.7 Å². The summed E-state index contributed by atoms with van der Waals surface area (Å²) in [5.74, 6) is 2.06. The van der Waals surface area contributed by atoms with Crippen molar-refractivity contribution < 1.29 is 9.26 Å². The van der Waals surface area contributed by atoms with E-state index in [0.717, 1.165) is 31.8 Å². The molecule has 0 unspecified atom stereocenters. The molecular weight excluding hydrogens is 266 g/mol. The molecule has 6 heteroatoms. The summed E-state index contributed by atoms with van der Waals surface area (Å²) in [6.45, 7) is 1.88. The van der Waals surface area contributed by atoms with Gasteiger partial charge in [0.2, 0.25) is 0 Å². The summed E-state index contributed by atoms with van der Waals surface area (Å²) < 4.78 is 11.2. The van der Waals surface area contributed by atoms with E-state index in [9.17, 15) is 0 Å². The van der Waals surface area contributed by atoms with Crippen molar-refractivity contribution in [3.63, 3.8) is 0 Å². The molecular formula is C13H22ClN3O2. The molecule has 2 aliphatic rings. The van der Waals surface area contributed by atoms with Crippen LogP contribution in [0.25, 0.3) is 0 Å². The number of piperidine rings is 1. The van der Waals surface area contributed by atoms with E-state index in [4.69, 9.17) is 9.26 Å². The maximum absolute atomic E-state index is 5.70. The summed E-state index contributed by atoms with van der Waals surface area (Å²) in [6, 6.07) is 0. The Kier molecular flexibility index (Phi) is 4.81. The molecule has 1 aromatic rings. The van der Waals surface area contributed by atoms with Gasteiger partial charge in [-0.15, -0.1) is 12.4 Å². The average Bonchev–Trinajstić information content (AvgIpc) is 3.10. The molecule has 1 aliphatic heterocycles. The van der Waals surface area contributed by atoms with Crippen molar-refractivity contribution in [3.05, 3.63) is 11.7 Å². The van der Waals surface area contributed by atoms with Gasteiger partial charge in [0.25, 0.3) is 5.89 Å². The number of hydrogen-bond acceptors (Lipinski definition) is 5. The highest BCUT2D eigenvalue weighted by Gasteiger charge is 2.40. The Labute approximate surface area is 119 Å². The normalized spacial score (nSPS) is 23.2. The van der Waals surface area contributed by atoms with Crippen molar-refractivity contribution in [2.75, 3.05) is 20.2 Å². The standard InChI is InChI=1S/C13H21N3O2.ClH/c1-17-13(6-8-14-9-7-13)12-15-11(16-18-12)10-4-2-3-5-10;/h10,14H,2-9H2,1H3;1H. The third-order valence-corrected chi connectivity index (χ3v) is 4.35. The molecule has 0 amide bonds. The molecule has 1 saturated heterocycles. The van der Waals surface area contributed by atoms with E-state index in [2.05, 4.69) is 15.5 Å². The number of nitrogens with one attached hydrogen (secondary N) is 1. The lowest BCUT2D eigenvalue weighted by Crippen LogP contribution is -2.41. The summed E-state index contributed by atoms with van der Waals surface area (Å²) in [5, 5.41) is 7.52. The maximum Gasteiger partial charge on any atom is 0.258 e. The van der Waals surface area contributed by atoms with Gasteiger partial charge >= 0.3 is 0 Å². The molecule has 108 valence electrons. The third kappa shape index (κ3) is 2.78. The predicted octanol–water partition coefficient (Wildman–Crippen LogP) is 2.37. The molecule has 0 spiro atoms. The number of hydrogen-bond donors (Lipinski definition) is 1. The Bertz CT molecular complexity index is 398. The highest BCUT2D eigenvalue weighted by atomic mass is 35.5. The fraction of sp³-hybridized carbons (Fsp3) is 0.846. The fourth-order valence-electron chi connectivity index (χ4n) is 3.11. The van der Waals surface area contributed by atoms with Crippen LogP contribution in [0.2, 0.25) is 0 Å². The molecule has 1 aromatic heterocycles. The molecule has 0 bridgehead atoms. The number of halogens is 1. The summed E-state index contributed by atoms with van der Waals surface area (Å²) in [6.07, 6.45) is 6.76. The van der Waals surface area contributed by atoms with Gasteiger partial charge in [-0.3, -0.25) is 0 Å². The first-order valence-corrected chi connectivity index (χ1v) is 6.94. The molecule has 1 N–H and O–H groups in total. The third-order valence-electron chi connectivity index (χ3n) is 4.35. The quantitative estimate of drug-likeness (QED) is 0.925. The molecule has 2 heterocycles. The lowest BCUT2D eigenvalue weighted by atomic mass is 9.92. The second-order valence-corrected chi connectivity index (χ2v) is 5.39. The molecule has 19 heavy (non-hydrogen) atoms. The first-order chi connectivity index (χ1) is 8.84. The molecule has 1 aliphatic carbocycles. The van der Waals surface area contributed by atoms with Crippen LogP contribution in [-0.4, -0.2) is 30.3 Å². The zero-order valence-electron chi connectivity index (χ0n) is 11.4. The Hall–Kier alpha value is -0.650. The van der Waals surface area contributed by atoms with Crippen molar-refractivity contribution in [3.8, 4) is 0 Å². The minimum atomic E-state index is -0.366. The zero-order valence-corrected chi connectivity index (χ0v) is 12.2. The van der Waals surface area contributed by atoms with Crippen molar-refractivity contribution in [2.24, 2.45) is 0 Å². The second-order valence-electron chi connectivity index (χ2n) is 5.39. The van der Waals surface area contributed by atoms with Crippen LogP contribution in [0.15, 0.2) is 4.52 Å². The van der Waals surface area contributed by atoms with E-state index < -0.39 is 0 Å². The molecule has 2 fully saturated rings. The number of aromatic nitrogens is 2. The van der Waals surface area contributed by atoms with Crippen LogP contribution in [0.1, 0.15) is 56.2 Å². The van der Waals surface area contributed by atoms with Crippen LogP contribution in [0.5, 0.6) is 0 Å². The van der Waals surface area contributed by atoms with Gasteiger partial charge in [-0.25, -0.2) is 0 Å². The second kappa shape index (κ2) is 6.20. The number of ether oxygens (including phenoxy) is 1. The molecule has 3 rings (SSSR count). The lowest BCUT2D eigenvalue weighted by molar-refractivity contribution is -0.0622. The predicted molar refractivity (Wildman–Crippen MR) is 73.5 cm³/mol. The van der Waals surface area contributed by atoms with Crippen LogP contribution >= 0.6 is 12.4 Å². The van der Waals surface area contributed by atoms with Crippen molar-refractivity contribution >= 4 is 12.4 Å². The van der Waals surface area contributed by atoms with Gasteiger partial charge in [-0.05, 0) is 38.8 Å². The van der Waals surface area contributed by atoms with Gasteiger partial charge in [-0.2, -0.15) is 4.98 Å². The first kappa shape index (κ1) is 14.8. The Morgan fingerprint density at radius 3 is 2.58 bits per heavy atom. The topological polar surface area (TPSA) is 60.2 Å². The summed E-state index contributed by atoms with van der Waals surface area (Å²) in [4.78, 5) is 4.63. The highest BCUT2D eigenvalue weighted by Crippen LogP contribution is 2.36. The zero-order chi connectivity index (χ0) is 12.4. The molecule has 5 nitrogen and oxygen atoms in total. The van der Waals surface area contributed by atoms with E-state index in [1.807, 2.05) is 0 Å². The van der Waals surface area contributed by atoms with Gasteiger partial charge in [0.1, 0.15) is 5.60 Å². The average molecular weight is 288 g/mol. The van der Waals surface area contributed by atoms with E-state index >= 15 is 0 Å².